The zero-order chi connectivity index (χ0) is 19.2. The summed E-state index contributed by atoms with van der Waals surface area (Å²) >= 11 is 0. The number of hydrogen-bond acceptors (Lipinski definition) is 6. The molecule has 1 N–H and O–H groups in total. The average molecular weight is 375 g/mol. The molecule has 2 aromatic rings. The predicted octanol–water partition coefficient (Wildman–Crippen LogP) is 1.10. The van der Waals surface area contributed by atoms with E-state index in [0.29, 0.717) is 30.9 Å². The first kappa shape index (κ1) is 19.5. The second-order valence-corrected chi connectivity index (χ2v) is 7.26. The smallest absolute Gasteiger partial charge is 0.273 e. The normalized spacial score (nSPS) is 17.7. The molecule has 1 atom stereocenters. The first-order chi connectivity index (χ1) is 13.1. The van der Waals surface area contributed by atoms with Gasteiger partial charge in [0.05, 0.1) is 25.5 Å². The molecule has 9 nitrogen and oxygen atoms in total. The van der Waals surface area contributed by atoms with E-state index >= 15 is 0 Å². The van der Waals surface area contributed by atoms with E-state index in [2.05, 4.69) is 45.7 Å². The summed E-state index contributed by atoms with van der Waals surface area (Å²) in [5, 5.41) is 15.3. The van der Waals surface area contributed by atoms with E-state index in [-0.39, 0.29) is 5.91 Å². The Morgan fingerprint density at radius 3 is 3.00 bits per heavy atom. The minimum atomic E-state index is -0.220. The molecule has 0 aromatic carbocycles. The summed E-state index contributed by atoms with van der Waals surface area (Å²) in [7, 11) is 1.60. The van der Waals surface area contributed by atoms with Gasteiger partial charge in [0.1, 0.15) is 0 Å². The minimum Gasteiger partial charge on any atom is -0.383 e. The molecule has 1 aliphatic rings. The van der Waals surface area contributed by atoms with Crippen LogP contribution in [-0.4, -0.2) is 68.4 Å². The maximum absolute atomic E-state index is 12.0. The summed E-state index contributed by atoms with van der Waals surface area (Å²) in [6.07, 6.45) is 8.08. The molecule has 0 radical (unpaired) electrons. The number of likely N-dealkylation sites (tertiary alicyclic amines) is 1. The van der Waals surface area contributed by atoms with Crippen LogP contribution in [0.25, 0.3) is 0 Å². The van der Waals surface area contributed by atoms with Crippen LogP contribution in [0.4, 0.5) is 0 Å². The Morgan fingerprint density at radius 2 is 2.26 bits per heavy atom. The summed E-state index contributed by atoms with van der Waals surface area (Å²) in [4.78, 5) is 14.5. The van der Waals surface area contributed by atoms with Crippen molar-refractivity contribution in [1.82, 2.24) is 35.0 Å². The van der Waals surface area contributed by atoms with E-state index < -0.39 is 0 Å². The number of nitrogens with zero attached hydrogens (tertiary/aromatic N) is 6. The van der Waals surface area contributed by atoms with Crippen molar-refractivity contribution >= 4 is 5.91 Å². The maximum Gasteiger partial charge on any atom is 0.273 e. The summed E-state index contributed by atoms with van der Waals surface area (Å²) in [5.41, 5.74) is 1.57. The summed E-state index contributed by atoms with van der Waals surface area (Å²) < 4.78 is 8.69. The third-order valence-electron chi connectivity index (χ3n) is 4.83. The molecule has 0 saturated carbocycles. The predicted molar refractivity (Wildman–Crippen MR) is 100 cm³/mol. The number of amides is 1. The lowest BCUT2D eigenvalue weighted by molar-refractivity contribution is 0.0932. The molecule has 148 valence electrons. The van der Waals surface area contributed by atoms with Gasteiger partial charge in [0.2, 0.25) is 0 Å². The highest BCUT2D eigenvalue weighted by Crippen LogP contribution is 2.21. The van der Waals surface area contributed by atoms with Crippen LogP contribution in [0.5, 0.6) is 0 Å². The molecule has 0 unspecified atom stereocenters. The van der Waals surface area contributed by atoms with Gasteiger partial charge >= 0.3 is 0 Å². The van der Waals surface area contributed by atoms with Crippen LogP contribution >= 0.6 is 0 Å². The molecular weight excluding hydrogens is 346 g/mol. The first-order valence-electron chi connectivity index (χ1n) is 9.51. The molecule has 27 heavy (non-hydrogen) atoms. The van der Waals surface area contributed by atoms with E-state index in [1.165, 1.54) is 12.0 Å². The molecule has 2 aromatic heterocycles. The number of aromatic nitrogens is 5. The number of hydrogen-bond donors (Lipinski definition) is 1. The molecule has 0 spiro atoms. The van der Waals surface area contributed by atoms with Crippen molar-refractivity contribution in [2.45, 2.75) is 51.9 Å². The van der Waals surface area contributed by atoms with Gasteiger partial charge in [0.25, 0.3) is 5.91 Å². The molecule has 1 fully saturated rings. The molecule has 1 aliphatic heterocycles. The Morgan fingerprint density at radius 1 is 1.41 bits per heavy atom. The fourth-order valence-corrected chi connectivity index (χ4v) is 3.35. The number of methoxy groups -OCH3 is 1. The molecule has 0 aliphatic carbocycles. The van der Waals surface area contributed by atoms with Gasteiger partial charge in [-0.25, -0.2) is 0 Å². The topological polar surface area (TPSA) is 90.1 Å². The number of rotatable bonds is 9. The Bertz CT molecular complexity index is 740. The number of ether oxygens (including phenoxy) is 1. The first-order valence-corrected chi connectivity index (χ1v) is 9.51. The highest BCUT2D eigenvalue weighted by atomic mass is 16.5. The van der Waals surface area contributed by atoms with Crippen LogP contribution in [0.1, 0.15) is 48.8 Å². The van der Waals surface area contributed by atoms with Crippen molar-refractivity contribution < 1.29 is 9.53 Å². The van der Waals surface area contributed by atoms with E-state index in [1.54, 1.807) is 18.0 Å². The second-order valence-electron chi connectivity index (χ2n) is 7.26. The van der Waals surface area contributed by atoms with Crippen LogP contribution in [0.15, 0.2) is 18.6 Å². The largest absolute Gasteiger partial charge is 0.383 e. The lowest BCUT2D eigenvalue weighted by Crippen LogP contribution is -2.32. The second kappa shape index (κ2) is 9.09. The van der Waals surface area contributed by atoms with Crippen molar-refractivity contribution in [3.05, 3.63) is 29.8 Å². The zero-order valence-corrected chi connectivity index (χ0v) is 16.3. The third-order valence-corrected chi connectivity index (χ3v) is 4.83. The van der Waals surface area contributed by atoms with Gasteiger partial charge in [-0.15, -0.1) is 5.10 Å². The molecule has 1 saturated heterocycles. The van der Waals surface area contributed by atoms with Gasteiger partial charge in [0.15, 0.2) is 5.69 Å². The van der Waals surface area contributed by atoms with E-state index in [9.17, 15) is 4.79 Å². The Balaban J connectivity index is 1.55. The molecular formula is C18H29N7O2. The van der Waals surface area contributed by atoms with Gasteiger partial charge in [-0.1, -0.05) is 5.21 Å². The average Bonchev–Trinajstić information content (AvgIpc) is 3.38. The zero-order valence-electron chi connectivity index (χ0n) is 16.3. The van der Waals surface area contributed by atoms with Crippen LogP contribution in [-0.2, 0) is 17.8 Å². The van der Waals surface area contributed by atoms with Crippen LogP contribution in [0.2, 0.25) is 0 Å². The third kappa shape index (κ3) is 5.14. The minimum absolute atomic E-state index is 0.220. The molecule has 3 rings (SSSR count). The van der Waals surface area contributed by atoms with Gasteiger partial charge in [-0.2, -0.15) is 5.10 Å². The van der Waals surface area contributed by atoms with Crippen LogP contribution in [0.3, 0.4) is 0 Å². The fourth-order valence-electron chi connectivity index (χ4n) is 3.35. The van der Waals surface area contributed by atoms with Crippen molar-refractivity contribution in [2.75, 3.05) is 26.8 Å². The lowest BCUT2D eigenvalue weighted by atomic mass is 10.2. The van der Waals surface area contributed by atoms with Crippen molar-refractivity contribution in [3.8, 4) is 0 Å². The summed E-state index contributed by atoms with van der Waals surface area (Å²) in [5.74, 6) is -0.220. The monoisotopic (exact) mass is 375 g/mol. The van der Waals surface area contributed by atoms with E-state index in [4.69, 9.17) is 4.74 Å². The quantitative estimate of drug-likeness (QED) is 0.660. The van der Waals surface area contributed by atoms with Crippen LogP contribution in [0, 0.1) is 0 Å². The maximum atomic E-state index is 12.0. The van der Waals surface area contributed by atoms with Crippen molar-refractivity contribution in [3.63, 3.8) is 0 Å². The van der Waals surface area contributed by atoms with Crippen molar-refractivity contribution in [2.24, 2.45) is 0 Å². The molecule has 9 heteroatoms. The van der Waals surface area contributed by atoms with E-state index in [0.717, 1.165) is 26.1 Å². The van der Waals surface area contributed by atoms with Gasteiger partial charge < -0.3 is 10.1 Å². The molecule has 0 bridgehead atoms. The number of carbonyl (C=O) groups is 1. The fraction of sp³-hybridized carbons (Fsp3) is 0.667. The van der Waals surface area contributed by atoms with Gasteiger partial charge in [0, 0.05) is 44.0 Å². The SMILES string of the molecule is COCCNC(=O)c1cn(C[C@@H]2CCCN2Cc2cnn(C(C)C)c2)nn1. The standard InChI is InChI=1S/C18H29N7O2/c1-14(2)25-11-15(9-20-25)10-23-7-4-5-16(23)12-24-13-17(21-22-24)18(26)19-6-8-27-3/h9,11,13-14,16H,4-8,10,12H2,1-3H3,(H,19,26)/t16-/m0/s1. The van der Waals surface area contributed by atoms with E-state index in [1.807, 2.05) is 10.9 Å². The van der Waals surface area contributed by atoms with Gasteiger partial charge in [-0.3, -0.25) is 19.1 Å². The summed E-state index contributed by atoms with van der Waals surface area (Å²) in [6.45, 7) is 7.88. The summed E-state index contributed by atoms with van der Waals surface area (Å²) in [6, 6.07) is 0.759. The molecule has 3 heterocycles. The molecule has 1 amide bonds. The van der Waals surface area contributed by atoms with Crippen LogP contribution < -0.4 is 5.32 Å². The number of carbonyl (C=O) groups excluding carboxylic acids is 1. The highest BCUT2D eigenvalue weighted by Gasteiger charge is 2.26. The number of nitrogens with one attached hydrogen (secondary N) is 1. The Kier molecular flexibility index (Phi) is 6.57. The van der Waals surface area contributed by atoms with Gasteiger partial charge in [-0.05, 0) is 33.2 Å². The Hall–Kier alpha value is -2.26. The lowest BCUT2D eigenvalue weighted by Gasteiger charge is -2.23. The van der Waals surface area contributed by atoms with Crippen molar-refractivity contribution in [1.29, 1.82) is 0 Å². The highest BCUT2D eigenvalue weighted by molar-refractivity contribution is 5.91. The Labute approximate surface area is 159 Å².